The monoisotopic (exact) mass is 486 g/mol. The minimum atomic E-state index is -1.08. The van der Waals surface area contributed by atoms with E-state index in [2.05, 4.69) is 27.7 Å². The van der Waals surface area contributed by atoms with E-state index in [1.54, 1.807) is 31.1 Å². The second kappa shape index (κ2) is 28.1. The molecule has 0 unspecified atom stereocenters. The molecule has 2 nitrogen and oxygen atoms in total. The number of carboxylic acid groups (broad SMARTS) is 1. The predicted octanol–water partition coefficient (Wildman–Crippen LogP) is 9.64. The molecule has 0 aliphatic heterocycles. The van der Waals surface area contributed by atoms with Crippen molar-refractivity contribution in [1.29, 1.82) is 0 Å². The number of hydrogen-bond acceptors (Lipinski definition) is 2. The van der Waals surface area contributed by atoms with Crippen molar-refractivity contribution in [2.45, 2.75) is 163 Å². The van der Waals surface area contributed by atoms with Crippen molar-refractivity contribution in [3.63, 3.8) is 0 Å². The largest absolute Gasteiger partial charge is 0.550 e. The topological polar surface area (TPSA) is 40.1 Å². The second-order valence-electron chi connectivity index (χ2n) is 10.4. The summed E-state index contributed by atoms with van der Waals surface area (Å²) in [6, 6.07) is 0. The summed E-state index contributed by atoms with van der Waals surface area (Å²) >= 11 is 0. The van der Waals surface area contributed by atoms with Crippen LogP contribution in [0.4, 0.5) is 0 Å². The summed E-state index contributed by atoms with van der Waals surface area (Å²) in [6.45, 7) is 10.5. The molecule has 0 heterocycles. The van der Waals surface area contributed by atoms with Gasteiger partial charge >= 0.3 is 0 Å². The van der Waals surface area contributed by atoms with Gasteiger partial charge in [-0.15, -0.1) is 0 Å². The molecule has 0 fully saturated rings. The first-order valence-electron chi connectivity index (χ1n) is 15.0. The van der Waals surface area contributed by atoms with Crippen LogP contribution in [-0.2, 0) is 4.79 Å². The van der Waals surface area contributed by atoms with Gasteiger partial charge in [-0.2, -0.15) is 0 Å². The molecule has 0 aliphatic carbocycles. The molecule has 0 atom stereocenters. The Labute approximate surface area is 210 Å². The Morgan fingerprint density at radius 1 is 0.455 bits per heavy atom. The van der Waals surface area contributed by atoms with Crippen LogP contribution in [0.1, 0.15) is 163 Å². The maximum atomic E-state index is 8.89. The van der Waals surface area contributed by atoms with E-state index in [-0.39, 0.29) is 0 Å². The molecule has 3 heteroatoms. The van der Waals surface area contributed by atoms with Gasteiger partial charge in [-0.05, 0) is 39.0 Å². The number of carboxylic acids is 1. The highest BCUT2D eigenvalue weighted by atomic mass is 31.2. The van der Waals surface area contributed by atoms with E-state index < -0.39 is 13.2 Å². The van der Waals surface area contributed by atoms with Gasteiger partial charge in [0, 0.05) is 13.2 Å². The predicted molar refractivity (Wildman–Crippen MR) is 152 cm³/mol. The lowest BCUT2D eigenvalue weighted by Crippen LogP contribution is -2.16. The van der Waals surface area contributed by atoms with E-state index >= 15 is 0 Å². The molecule has 0 amide bonds. The van der Waals surface area contributed by atoms with Crippen molar-refractivity contribution < 1.29 is 9.90 Å². The van der Waals surface area contributed by atoms with Gasteiger partial charge < -0.3 is 9.90 Å². The van der Waals surface area contributed by atoms with Crippen LogP contribution >= 0.6 is 7.26 Å². The van der Waals surface area contributed by atoms with Crippen molar-refractivity contribution in [3.05, 3.63) is 0 Å². The third kappa shape index (κ3) is 28.0. The molecule has 0 rings (SSSR count). The molecule has 200 valence electrons. The van der Waals surface area contributed by atoms with Crippen LogP contribution < -0.4 is 5.11 Å². The van der Waals surface area contributed by atoms with Crippen LogP contribution in [-0.4, -0.2) is 30.6 Å². The Bertz CT molecular complexity index is 358. The summed E-state index contributed by atoms with van der Waals surface area (Å²) in [5.74, 6) is -1.08. The average molecular weight is 487 g/mol. The molecule has 0 aromatic carbocycles. The van der Waals surface area contributed by atoms with Gasteiger partial charge in [-0.25, -0.2) is 0 Å². The maximum Gasteiger partial charge on any atom is 0.0594 e. The van der Waals surface area contributed by atoms with Crippen LogP contribution in [0.2, 0.25) is 0 Å². The highest BCUT2D eigenvalue weighted by Crippen LogP contribution is 2.61. The molecule has 0 aliphatic rings. The summed E-state index contributed by atoms with van der Waals surface area (Å²) in [6.07, 6.45) is 36.0. The van der Waals surface area contributed by atoms with E-state index in [4.69, 9.17) is 9.90 Å². The van der Waals surface area contributed by atoms with Crippen LogP contribution in [0.3, 0.4) is 0 Å². The van der Waals surface area contributed by atoms with Gasteiger partial charge in [-0.3, -0.25) is 0 Å². The van der Waals surface area contributed by atoms with Gasteiger partial charge in [0.05, 0.1) is 24.6 Å². The normalized spacial score (nSPS) is 11.3. The average Bonchev–Trinajstić information content (AvgIpc) is 2.79. The van der Waals surface area contributed by atoms with Crippen LogP contribution in [0.5, 0.6) is 0 Å². The summed E-state index contributed by atoms with van der Waals surface area (Å²) in [4.78, 5) is 8.89. The maximum absolute atomic E-state index is 8.89. The smallest absolute Gasteiger partial charge is 0.0594 e. The van der Waals surface area contributed by atoms with Crippen LogP contribution in [0, 0.1) is 0 Å². The SMILES string of the molecule is CC(=O)[O-].CCCCCCCCCCCCCCCC[P+](CCCC)(CCCC)CCCC. The van der Waals surface area contributed by atoms with E-state index in [1.165, 1.54) is 122 Å². The van der Waals surface area contributed by atoms with Crippen molar-refractivity contribution in [2.24, 2.45) is 0 Å². The highest BCUT2D eigenvalue weighted by Gasteiger charge is 2.34. The molecule has 0 spiro atoms. The van der Waals surface area contributed by atoms with Crippen LogP contribution in [0.15, 0.2) is 0 Å². The quantitative estimate of drug-likeness (QED) is 0.101. The minimum absolute atomic E-state index is 0.630. The highest BCUT2D eigenvalue weighted by molar-refractivity contribution is 7.75. The van der Waals surface area contributed by atoms with Crippen molar-refractivity contribution in [2.75, 3.05) is 24.6 Å². The first-order valence-corrected chi connectivity index (χ1v) is 17.5. The zero-order chi connectivity index (χ0) is 25.0. The van der Waals surface area contributed by atoms with Crippen molar-refractivity contribution >= 4 is 13.2 Å². The fourth-order valence-electron chi connectivity index (χ4n) is 4.79. The van der Waals surface area contributed by atoms with Crippen molar-refractivity contribution in [1.82, 2.24) is 0 Å². The number of rotatable bonds is 24. The summed E-state index contributed by atoms with van der Waals surface area (Å²) in [5.41, 5.74) is 0. The molecule has 0 aromatic rings. The van der Waals surface area contributed by atoms with Gasteiger partial charge in [0.1, 0.15) is 0 Å². The Hall–Kier alpha value is -0.100. The number of carbonyl (C=O) groups is 1. The van der Waals surface area contributed by atoms with Crippen LogP contribution in [0.25, 0.3) is 0 Å². The van der Waals surface area contributed by atoms with Gasteiger partial charge in [0.2, 0.25) is 0 Å². The molecule has 0 saturated carbocycles. The number of carbonyl (C=O) groups excluding carboxylic acids is 1. The fourth-order valence-corrected chi connectivity index (χ4v) is 9.99. The first-order chi connectivity index (χ1) is 16.0. The van der Waals surface area contributed by atoms with Gasteiger partial charge in [0.15, 0.2) is 0 Å². The standard InChI is InChI=1S/C28H60P.C2H4O2/c1-5-9-13-14-15-16-17-18-19-20-21-22-23-24-28-29(25-10-6-2,26-11-7-3)27-12-8-4;1-2(3)4/h5-28H2,1-4H3;1H3,(H,3,4)/q+1;/p-1. The molecular formula is C30H63O2P. The lowest BCUT2D eigenvalue weighted by Gasteiger charge is -2.28. The van der Waals surface area contributed by atoms with Gasteiger partial charge in [0.25, 0.3) is 0 Å². The van der Waals surface area contributed by atoms with E-state index in [1.807, 2.05) is 0 Å². The molecule has 0 aromatic heterocycles. The molecule has 0 radical (unpaired) electrons. The summed E-state index contributed by atoms with van der Waals surface area (Å²) in [7, 11) is -0.630. The Balaban J connectivity index is 0. The van der Waals surface area contributed by atoms with E-state index in [0.717, 1.165) is 6.92 Å². The molecule has 0 bridgehead atoms. The summed E-state index contributed by atoms with van der Waals surface area (Å²) < 4.78 is 0. The van der Waals surface area contributed by atoms with Gasteiger partial charge in [-0.1, -0.05) is 124 Å². The zero-order valence-corrected chi connectivity index (χ0v) is 24.6. The second-order valence-corrected chi connectivity index (χ2v) is 14.9. The Morgan fingerprint density at radius 3 is 0.939 bits per heavy atom. The third-order valence-electron chi connectivity index (χ3n) is 6.94. The van der Waals surface area contributed by atoms with E-state index in [0.29, 0.717) is 0 Å². The molecule has 0 saturated heterocycles. The van der Waals surface area contributed by atoms with Crippen molar-refractivity contribution in [3.8, 4) is 0 Å². The first kappa shape index (κ1) is 35.1. The molecule has 33 heavy (non-hydrogen) atoms. The van der Waals surface area contributed by atoms with E-state index in [9.17, 15) is 0 Å². The zero-order valence-electron chi connectivity index (χ0n) is 23.7. The Kier molecular flexibility index (Phi) is 29.9. The Morgan fingerprint density at radius 2 is 0.667 bits per heavy atom. The number of hydrogen-bond donors (Lipinski definition) is 0. The summed E-state index contributed by atoms with van der Waals surface area (Å²) in [5, 5.41) is 8.89. The fraction of sp³-hybridized carbons (Fsp3) is 0.967. The minimum Gasteiger partial charge on any atom is -0.550 e. The lowest BCUT2D eigenvalue weighted by atomic mass is 10.0. The molecular weight excluding hydrogens is 423 g/mol. The lowest BCUT2D eigenvalue weighted by molar-refractivity contribution is -0.302. The number of unbranched alkanes of at least 4 members (excludes halogenated alkanes) is 16. The molecule has 0 N–H and O–H groups in total. The number of aliphatic carboxylic acids is 1. The third-order valence-corrected chi connectivity index (χ3v) is 12.0.